The molecule has 1 saturated heterocycles. The molecule has 8 heteroatoms. The summed E-state index contributed by atoms with van der Waals surface area (Å²) in [4.78, 5) is 38.1. The Bertz CT molecular complexity index is 719. The average Bonchev–Trinajstić information content (AvgIpc) is 2.71. The van der Waals surface area contributed by atoms with E-state index in [4.69, 9.17) is 0 Å². The summed E-state index contributed by atoms with van der Waals surface area (Å²) in [6, 6.07) is 2.72. The molecule has 1 aromatic carbocycles. The van der Waals surface area contributed by atoms with Crippen LogP contribution in [-0.4, -0.2) is 48.8 Å². The number of carbonyl (C=O) groups is 3. The first kappa shape index (κ1) is 22.8. The monoisotopic (exact) mass is 409 g/mol. The Labute approximate surface area is 170 Å². The van der Waals surface area contributed by atoms with Crippen LogP contribution in [0.3, 0.4) is 0 Å². The fourth-order valence-electron chi connectivity index (χ4n) is 3.33. The zero-order valence-electron chi connectivity index (χ0n) is 16.8. The van der Waals surface area contributed by atoms with E-state index in [1.54, 1.807) is 4.90 Å². The van der Waals surface area contributed by atoms with Crippen molar-refractivity contribution < 1.29 is 23.2 Å². The van der Waals surface area contributed by atoms with E-state index in [-0.39, 0.29) is 36.3 Å². The van der Waals surface area contributed by atoms with Crippen LogP contribution in [0.1, 0.15) is 55.8 Å². The molecule has 0 saturated carbocycles. The van der Waals surface area contributed by atoms with Crippen molar-refractivity contribution in [1.82, 2.24) is 15.5 Å². The van der Waals surface area contributed by atoms with Gasteiger partial charge in [-0.1, -0.05) is 19.8 Å². The lowest BCUT2D eigenvalue weighted by Gasteiger charge is -2.31. The molecule has 0 spiro atoms. The number of carbonyl (C=O) groups excluding carboxylic acids is 3. The Morgan fingerprint density at radius 3 is 2.45 bits per heavy atom. The molecule has 160 valence electrons. The smallest absolute Gasteiger partial charge is 0.254 e. The van der Waals surface area contributed by atoms with E-state index >= 15 is 0 Å². The van der Waals surface area contributed by atoms with Crippen molar-refractivity contribution in [3.63, 3.8) is 0 Å². The molecule has 1 heterocycles. The predicted molar refractivity (Wildman–Crippen MR) is 105 cm³/mol. The standard InChI is InChI=1S/C21H29F2N3O3/c1-2-3-4-10-24-20(28)15-8-12-26(13-9-15)19(27)7-11-25-21(29)17-6-5-16(22)14-18(17)23/h5-6,14-15H,2-4,7-13H2,1H3,(H,24,28)(H,25,29). The van der Waals surface area contributed by atoms with Crippen LogP contribution >= 0.6 is 0 Å². The largest absolute Gasteiger partial charge is 0.356 e. The summed E-state index contributed by atoms with van der Waals surface area (Å²) in [5.41, 5.74) is -0.260. The lowest BCUT2D eigenvalue weighted by molar-refractivity contribution is -0.135. The molecule has 0 radical (unpaired) electrons. The van der Waals surface area contributed by atoms with Crippen LogP contribution in [0.4, 0.5) is 8.78 Å². The summed E-state index contributed by atoms with van der Waals surface area (Å²) in [5.74, 6) is -2.51. The minimum atomic E-state index is -0.941. The van der Waals surface area contributed by atoms with Crippen molar-refractivity contribution in [2.75, 3.05) is 26.2 Å². The first-order chi connectivity index (χ1) is 13.9. The first-order valence-electron chi connectivity index (χ1n) is 10.2. The van der Waals surface area contributed by atoms with Crippen molar-refractivity contribution >= 4 is 17.7 Å². The summed E-state index contributed by atoms with van der Waals surface area (Å²) in [7, 11) is 0. The number of hydrogen-bond donors (Lipinski definition) is 2. The highest BCUT2D eigenvalue weighted by Crippen LogP contribution is 2.18. The predicted octanol–water partition coefficient (Wildman–Crippen LogP) is 2.63. The van der Waals surface area contributed by atoms with Gasteiger partial charge in [0.1, 0.15) is 11.6 Å². The van der Waals surface area contributed by atoms with Crippen molar-refractivity contribution in [2.24, 2.45) is 5.92 Å². The van der Waals surface area contributed by atoms with E-state index in [0.717, 1.165) is 31.4 Å². The van der Waals surface area contributed by atoms with Crippen molar-refractivity contribution in [1.29, 1.82) is 0 Å². The second-order valence-electron chi connectivity index (χ2n) is 7.28. The average molecular weight is 409 g/mol. The minimum absolute atomic E-state index is 0.0572. The maximum absolute atomic E-state index is 13.6. The number of hydrogen-bond acceptors (Lipinski definition) is 3. The Hall–Kier alpha value is -2.51. The van der Waals surface area contributed by atoms with Gasteiger partial charge in [-0.3, -0.25) is 14.4 Å². The lowest BCUT2D eigenvalue weighted by Crippen LogP contribution is -2.44. The number of nitrogens with one attached hydrogen (secondary N) is 2. The molecule has 29 heavy (non-hydrogen) atoms. The SMILES string of the molecule is CCCCCNC(=O)C1CCN(C(=O)CCNC(=O)c2ccc(F)cc2F)CC1. The maximum atomic E-state index is 13.6. The Balaban J connectivity index is 1.67. The fourth-order valence-corrected chi connectivity index (χ4v) is 3.33. The van der Waals surface area contributed by atoms with Gasteiger partial charge in [-0.25, -0.2) is 8.78 Å². The normalized spacial score (nSPS) is 14.5. The highest BCUT2D eigenvalue weighted by molar-refractivity contribution is 5.94. The number of likely N-dealkylation sites (tertiary alicyclic amines) is 1. The summed E-state index contributed by atoms with van der Waals surface area (Å²) < 4.78 is 26.5. The zero-order valence-corrected chi connectivity index (χ0v) is 16.8. The zero-order chi connectivity index (χ0) is 21.2. The van der Waals surface area contributed by atoms with E-state index in [1.807, 2.05) is 0 Å². The topological polar surface area (TPSA) is 78.5 Å². The fraction of sp³-hybridized carbons (Fsp3) is 0.571. The Morgan fingerprint density at radius 2 is 1.79 bits per heavy atom. The van der Waals surface area contributed by atoms with Crippen LogP contribution in [0.5, 0.6) is 0 Å². The van der Waals surface area contributed by atoms with Crippen LogP contribution in [0, 0.1) is 17.6 Å². The van der Waals surface area contributed by atoms with Gasteiger partial charge in [-0.2, -0.15) is 0 Å². The third kappa shape index (κ3) is 7.11. The van der Waals surface area contributed by atoms with Gasteiger partial charge in [0.2, 0.25) is 11.8 Å². The van der Waals surface area contributed by atoms with Crippen molar-refractivity contribution in [3.05, 3.63) is 35.4 Å². The maximum Gasteiger partial charge on any atom is 0.254 e. The van der Waals surface area contributed by atoms with Crippen molar-refractivity contribution in [3.8, 4) is 0 Å². The van der Waals surface area contributed by atoms with Gasteiger partial charge in [0, 0.05) is 44.6 Å². The number of unbranched alkanes of at least 4 members (excludes halogenated alkanes) is 2. The second kappa shape index (κ2) is 11.5. The molecule has 2 rings (SSSR count). The summed E-state index contributed by atoms with van der Waals surface area (Å²) in [6.07, 6.45) is 4.51. The molecule has 0 aromatic heterocycles. The molecule has 6 nitrogen and oxygen atoms in total. The Morgan fingerprint density at radius 1 is 1.07 bits per heavy atom. The molecule has 1 aliphatic heterocycles. The molecular weight excluding hydrogens is 380 g/mol. The van der Waals surface area contributed by atoms with Gasteiger partial charge in [-0.05, 0) is 31.4 Å². The number of halogens is 2. The number of amides is 3. The molecule has 3 amide bonds. The van der Waals surface area contributed by atoms with Crippen LogP contribution in [0.15, 0.2) is 18.2 Å². The second-order valence-corrected chi connectivity index (χ2v) is 7.28. The minimum Gasteiger partial charge on any atom is -0.356 e. The molecule has 2 N–H and O–H groups in total. The van der Waals surface area contributed by atoms with Crippen LogP contribution in [0.25, 0.3) is 0 Å². The molecule has 0 aliphatic carbocycles. The first-order valence-corrected chi connectivity index (χ1v) is 10.2. The summed E-state index contributed by atoms with van der Waals surface area (Å²) >= 11 is 0. The molecule has 1 aliphatic rings. The van der Waals surface area contributed by atoms with Gasteiger partial charge in [0.15, 0.2) is 0 Å². The number of nitrogens with zero attached hydrogens (tertiary/aromatic N) is 1. The van der Waals surface area contributed by atoms with Crippen LogP contribution < -0.4 is 10.6 Å². The van der Waals surface area contributed by atoms with E-state index in [1.165, 1.54) is 0 Å². The highest BCUT2D eigenvalue weighted by Gasteiger charge is 2.27. The number of rotatable bonds is 9. The molecule has 1 aromatic rings. The quantitative estimate of drug-likeness (QED) is 0.616. The van der Waals surface area contributed by atoms with Gasteiger partial charge < -0.3 is 15.5 Å². The van der Waals surface area contributed by atoms with Gasteiger partial charge in [-0.15, -0.1) is 0 Å². The van der Waals surface area contributed by atoms with Crippen molar-refractivity contribution in [2.45, 2.75) is 45.4 Å². The van der Waals surface area contributed by atoms with E-state index in [0.29, 0.717) is 38.5 Å². The van der Waals surface area contributed by atoms with Crippen LogP contribution in [0.2, 0.25) is 0 Å². The lowest BCUT2D eigenvalue weighted by atomic mass is 9.95. The van der Waals surface area contributed by atoms with E-state index in [9.17, 15) is 23.2 Å². The third-order valence-corrected chi connectivity index (χ3v) is 5.10. The Kier molecular flexibility index (Phi) is 9.02. The molecular formula is C21H29F2N3O3. The number of benzene rings is 1. The molecule has 0 unspecified atom stereocenters. The number of piperidine rings is 1. The summed E-state index contributed by atoms with van der Waals surface area (Å²) in [5, 5.41) is 5.43. The molecule has 1 fully saturated rings. The molecule has 0 bridgehead atoms. The third-order valence-electron chi connectivity index (χ3n) is 5.10. The summed E-state index contributed by atoms with van der Waals surface area (Å²) in [6.45, 7) is 3.88. The molecule has 0 atom stereocenters. The van der Waals surface area contributed by atoms with Gasteiger partial charge >= 0.3 is 0 Å². The van der Waals surface area contributed by atoms with Crippen LogP contribution in [-0.2, 0) is 9.59 Å². The highest BCUT2D eigenvalue weighted by atomic mass is 19.1. The van der Waals surface area contributed by atoms with E-state index in [2.05, 4.69) is 17.6 Å². The van der Waals surface area contributed by atoms with E-state index < -0.39 is 17.5 Å². The van der Waals surface area contributed by atoms with Gasteiger partial charge in [0.05, 0.1) is 5.56 Å². The van der Waals surface area contributed by atoms with Gasteiger partial charge in [0.25, 0.3) is 5.91 Å².